The lowest BCUT2D eigenvalue weighted by Gasteiger charge is -2.55. The molecule has 7 atom stereocenters. The van der Waals surface area contributed by atoms with E-state index in [1.807, 2.05) is 63.1 Å². The quantitative estimate of drug-likeness (QED) is 0.175. The number of nitrogens with zero attached hydrogens (tertiary/aromatic N) is 8. The van der Waals surface area contributed by atoms with Crippen molar-refractivity contribution < 1.29 is 46.6 Å². The van der Waals surface area contributed by atoms with Crippen molar-refractivity contribution in [2.45, 2.75) is 152 Å². The minimum atomic E-state index is -4.57. The van der Waals surface area contributed by atoms with Gasteiger partial charge in [0.15, 0.2) is 0 Å². The first-order valence-corrected chi connectivity index (χ1v) is 31.0. The molecule has 0 radical (unpaired) electrons. The Morgan fingerprint density at radius 1 is 0.928 bits per heavy atom. The van der Waals surface area contributed by atoms with E-state index in [0.717, 1.165) is 67.7 Å². The molecule has 2 aromatic heterocycles. The number of pyridine rings is 1. The van der Waals surface area contributed by atoms with Gasteiger partial charge in [0.2, 0.25) is 11.8 Å². The van der Waals surface area contributed by atoms with E-state index in [1.54, 1.807) is 0 Å². The molecule has 6 saturated heterocycles. The molecule has 21 heteroatoms. The van der Waals surface area contributed by atoms with Crippen LogP contribution in [0.3, 0.4) is 0 Å². The van der Waals surface area contributed by atoms with E-state index < -0.39 is 47.8 Å². The first kappa shape index (κ1) is 56.9. The van der Waals surface area contributed by atoms with Crippen molar-refractivity contribution >= 4 is 45.9 Å². The van der Waals surface area contributed by atoms with Crippen LogP contribution in [-0.4, -0.2) is 211 Å². The maximum absolute atomic E-state index is 15.3. The number of hydrogen-bond donors (Lipinski definition) is 3. The molecule has 2 saturated carbocycles. The van der Waals surface area contributed by atoms with Gasteiger partial charge in [0, 0.05) is 93.4 Å². The molecule has 10 aliphatic rings. The number of rotatable bonds is 10. The molecule has 450 valence electrons. The second-order valence-corrected chi connectivity index (χ2v) is 27.0. The Labute approximate surface area is 485 Å². The molecule has 18 nitrogen and oxygen atoms in total. The molecule has 3 aromatic rings. The number of cyclic esters (lactones) is 1. The Balaban J connectivity index is 0.830. The molecule has 6 bridgehead atoms. The number of nitrogens with one attached hydrogen (secondary N) is 3. The smallest absolute Gasteiger partial charge is 0.406 e. The lowest BCUT2D eigenvalue weighted by atomic mass is 9.83. The van der Waals surface area contributed by atoms with E-state index in [9.17, 15) is 9.59 Å². The highest BCUT2D eigenvalue weighted by molar-refractivity contribution is 5.96. The maximum atomic E-state index is 15.3. The van der Waals surface area contributed by atoms with Gasteiger partial charge >= 0.3 is 12.1 Å². The highest BCUT2D eigenvalue weighted by Crippen LogP contribution is 2.45. The van der Waals surface area contributed by atoms with E-state index in [1.165, 1.54) is 22.4 Å². The first-order valence-electron chi connectivity index (χ1n) is 31.0. The molecular formula is C62H84F3N11O7. The van der Waals surface area contributed by atoms with Crippen molar-refractivity contribution in [3.8, 4) is 11.3 Å². The molecule has 3 N–H and O–H groups in total. The van der Waals surface area contributed by atoms with Crippen LogP contribution in [0.5, 0.6) is 0 Å². The number of alkyl halides is 3. The van der Waals surface area contributed by atoms with Crippen molar-refractivity contribution in [2.75, 3.05) is 110 Å². The summed E-state index contributed by atoms with van der Waals surface area (Å²) in [4.78, 5) is 74.4. The van der Waals surface area contributed by atoms with Crippen LogP contribution in [0.4, 0.5) is 18.9 Å². The largest absolute Gasteiger partial charge is 0.464 e. The van der Waals surface area contributed by atoms with Gasteiger partial charge in [-0.3, -0.25) is 49.2 Å². The van der Waals surface area contributed by atoms with Crippen LogP contribution in [0.2, 0.25) is 0 Å². The van der Waals surface area contributed by atoms with Crippen molar-refractivity contribution in [3.05, 3.63) is 53.4 Å². The van der Waals surface area contributed by atoms with Gasteiger partial charge < -0.3 is 33.9 Å². The summed E-state index contributed by atoms with van der Waals surface area (Å²) >= 11 is 0. The number of hydrazine groups is 1. The zero-order valence-corrected chi connectivity index (χ0v) is 48.8. The van der Waals surface area contributed by atoms with Crippen LogP contribution >= 0.6 is 0 Å². The average molecular weight is 1150 g/mol. The normalized spacial score (nSPS) is 29.5. The lowest BCUT2D eigenvalue weighted by Crippen LogP contribution is -2.73. The van der Waals surface area contributed by atoms with Gasteiger partial charge in [-0.2, -0.15) is 13.2 Å². The SMILES string of the molecule is CC(C)c1ncc(N2CCN3CCOC[C@@H]3C2)cc1-c1c2c3cc(ccc3n1CC(F)(F)F)C1=CCCN(C1)C[C@H](NC(=O)[C@H](C1CCCC1)N1CCOC3(CN(C(=O)[C@@H]4N[C@@H]4C4CC4)C3)C1)C(=O)N1CCC[C@H](N1)C(=O)OCC(C)(C)C2. The number of carbonyl (C=O) groups excluding carboxylic acids is 4. The molecule has 13 rings (SSSR count). The number of esters is 1. The van der Waals surface area contributed by atoms with Gasteiger partial charge in [-0.25, -0.2) is 5.43 Å². The fraction of sp³-hybridized carbons (Fsp3) is 0.694. The van der Waals surface area contributed by atoms with Crippen molar-refractivity contribution in [2.24, 2.45) is 17.3 Å². The first-order chi connectivity index (χ1) is 39.9. The van der Waals surface area contributed by atoms with E-state index >= 15 is 22.8 Å². The number of aromatic nitrogens is 2. The summed E-state index contributed by atoms with van der Waals surface area (Å²) in [6.45, 7) is 15.3. The number of piperazine rings is 1. The fourth-order valence-corrected chi connectivity index (χ4v) is 15.3. The molecule has 8 fully saturated rings. The fourth-order valence-electron chi connectivity index (χ4n) is 15.3. The summed E-state index contributed by atoms with van der Waals surface area (Å²) in [6, 6.07) is 5.85. The van der Waals surface area contributed by atoms with Crippen molar-refractivity contribution in [3.63, 3.8) is 0 Å². The van der Waals surface area contributed by atoms with E-state index in [0.29, 0.717) is 131 Å². The van der Waals surface area contributed by atoms with Gasteiger partial charge in [-0.05, 0) is 104 Å². The third-order valence-corrected chi connectivity index (χ3v) is 19.7. The van der Waals surface area contributed by atoms with E-state index in [2.05, 4.69) is 41.7 Å². The highest BCUT2D eigenvalue weighted by Gasteiger charge is 2.58. The molecule has 3 amide bonds. The minimum absolute atomic E-state index is 0.0385. The van der Waals surface area contributed by atoms with Crippen LogP contribution in [0.1, 0.15) is 108 Å². The van der Waals surface area contributed by atoms with Crippen LogP contribution in [-0.2, 0) is 46.4 Å². The summed E-state index contributed by atoms with van der Waals surface area (Å²) in [5, 5.41) is 8.91. The summed E-state index contributed by atoms with van der Waals surface area (Å²) in [5.74, 6) is -0.377. The number of benzene rings is 1. The molecule has 2 aliphatic carbocycles. The molecule has 1 unspecified atom stereocenters. The number of halogens is 3. The predicted molar refractivity (Wildman–Crippen MR) is 307 cm³/mol. The Morgan fingerprint density at radius 2 is 1.75 bits per heavy atom. The summed E-state index contributed by atoms with van der Waals surface area (Å²) in [7, 11) is 0. The van der Waals surface area contributed by atoms with Gasteiger partial charge in [0.25, 0.3) is 5.91 Å². The number of anilines is 1. The zero-order chi connectivity index (χ0) is 57.5. The van der Waals surface area contributed by atoms with E-state index in [-0.39, 0.29) is 61.2 Å². The van der Waals surface area contributed by atoms with Crippen molar-refractivity contribution in [1.82, 2.24) is 50.2 Å². The summed E-state index contributed by atoms with van der Waals surface area (Å²) in [6.07, 6.45) is 7.51. The average Bonchev–Trinajstić information content (AvgIpc) is 4.56. The molecule has 1 spiro atoms. The van der Waals surface area contributed by atoms with Crippen LogP contribution in [0.25, 0.3) is 27.7 Å². The lowest BCUT2D eigenvalue weighted by molar-refractivity contribution is -0.197. The predicted octanol–water partition coefficient (Wildman–Crippen LogP) is 5.33. The molecular weight excluding hydrogens is 1070 g/mol. The number of carbonyl (C=O) groups is 4. The summed E-state index contributed by atoms with van der Waals surface area (Å²) in [5.41, 5.74) is 7.56. The Bertz CT molecular complexity index is 3000. The maximum Gasteiger partial charge on any atom is 0.406 e. The molecule has 83 heavy (non-hydrogen) atoms. The molecule has 10 heterocycles. The minimum Gasteiger partial charge on any atom is -0.464 e. The Morgan fingerprint density at radius 3 is 2.53 bits per heavy atom. The monoisotopic (exact) mass is 1150 g/mol. The number of likely N-dealkylation sites (tertiary alicyclic amines) is 1. The third-order valence-electron chi connectivity index (χ3n) is 19.7. The standard InChI is InChI=1S/C62H84F3N11O7/c1-38(2)51-46(26-43(28-66-51)72-20-19-71-21-23-81-32-44(71)30-72)55-47-27-60(3,4)37-82-59(80)48-12-8-18-76(69-48)57(78)49(31-70-17-7-11-42(29-70)41-15-16-50(45(47)25-41)75(55)36-62(63,64)65)67-56(77)54(40-9-5-6-10-40)73-22-24-83-61(33-73)34-74(35-61)58(79)53-52(68-53)39-13-14-39/h11,15-16,25-26,28,38-40,44,48-49,52-54,68-69H,5-10,12-14,17-24,27,29-37H2,1-4H3,(H,67,77)/t44-,48-,49-,52+,53+,54-/m0/s1. The topological polar surface area (TPSA) is 179 Å². The second-order valence-electron chi connectivity index (χ2n) is 27.0. The van der Waals surface area contributed by atoms with Crippen LogP contribution in [0, 0.1) is 17.3 Å². The van der Waals surface area contributed by atoms with Crippen LogP contribution in [0.15, 0.2) is 36.5 Å². The molecule has 1 aromatic carbocycles. The van der Waals surface area contributed by atoms with Gasteiger partial charge in [0.05, 0.1) is 74.9 Å². The number of ether oxygens (including phenoxy) is 3. The van der Waals surface area contributed by atoms with E-state index in [4.69, 9.17) is 19.2 Å². The number of fused-ring (bicyclic) bond motifs is 7. The number of amides is 3. The zero-order valence-electron chi connectivity index (χ0n) is 48.8. The molecule has 8 aliphatic heterocycles. The van der Waals surface area contributed by atoms with Gasteiger partial charge in [-0.1, -0.05) is 52.7 Å². The van der Waals surface area contributed by atoms with Crippen molar-refractivity contribution in [1.29, 1.82) is 0 Å². The summed E-state index contributed by atoms with van der Waals surface area (Å²) < 4.78 is 65.8. The number of morpholine rings is 2. The van der Waals surface area contributed by atoms with Crippen LogP contribution < -0.4 is 21.0 Å². The number of hydrogen-bond acceptors (Lipinski definition) is 14. The second kappa shape index (κ2) is 22.6. The van der Waals surface area contributed by atoms with Gasteiger partial charge in [0.1, 0.15) is 30.3 Å². The Kier molecular flexibility index (Phi) is 15.5. The highest BCUT2D eigenvalue weighted by atomic mass is 19.4. The third kappa shape index (κ3) is 11.8. The Hall–Kier alpha value is -5.16. The van der Waals surface area contributed by atoms with Gasteiger partial charge in [-0.15, -0.1) is 0 Å².